The number of rotatable bonds is 6. The van der Waals surface area contributed by atoms with Crippen molar-refractivity contribution in [3.63, 3.8) is 0 Å². The molecule has 11 nitrogen and oxygen atoms in total. The normalized spacial score (nSPS) is 15.1. The van der Waals surface area contributed by atoms with E-state index in [2.05, 4.69) is 35.8 Å². The van der Waals surface area contributed by atoms with Crippen LogP contribution in [-0.4, -0.2) is 53.8 Å². The first-order valence-electron chi connectivity index (χ1n) is 11.8. The van der Waals surface area contributed by atoms with E-state index in [0.717, 1.165) is 0 Å². The summed E-state index contributed by atoms with van der Waals surface area (Å²) in [7, 11) is 0. The predicted octanol–water partition coefficient (Wildman–Crippen LogP) is 3.92. The molecule has 1 aliphatic heterocycles. The predicted molar refractivity (Wildman–Crippen MR) is 146 cm³/mol. The molecule has 5 aromatic rings. The average molecular weight is 559 g/mol. The van der Waals surface area contributed by atoms with E-state index in [-0.39, 0.29) is 35.4 Å². The molecule has 0 aliphatic carbocycles. The van der Waals surface area contributed by atoms with Crippen LogP contribution >= 0.6 is 22.9 Å². The van der Waals surface area contributed by atoms with Crippen molar-refractivity contribution in [3.8, 4) is 0 Å². The molecule has 0 saturated heterocycles. The minimum Gasteiger partial charge on any atom is -0.323 e. The Morgan fingerprint density at radius 3 is 2.85 bits per heavy atom. The molecule has 1 unspecified atom stereocenters. The van der Waals surface area contributed by atoms with Crippen molar-refractivity contribution in [3.05, 3.63) is 93.3 Å². The third-order valence-electron chi connectivity index (χ3n) is 6.30. The highest BCUT2D eigenvalue weighted by Gasteiger charge is 2.36. The molecule has 0 saturated carbocycles. The van der Waals surface area contributed by atoms with Gasteiger partial charge in [-0.1, -0.05) is 23.7 Å². The number of nitrogens with zero attached hydrogens (tertiary/aromatic N) is 5. The molecule has 0 fully saturated rings. The number of fused-ring (bicyclic) bond motifs is 2. The Balaban J connectivity index is 1.27. The van der Waals surface area contributed by atoms with Gasteiger partial charge in [-0.05, 0) is 41.3 Å². The number of amides is 3. The monoisotopic (exact) mass is 558 g/mol. The summed E-state index contributed by atoms with van der Waals surface area (Å²) >= 11 is 7.80. The smallest absolute Gasteiger partial charge is 0.267 e. The summed E-state index contributed by atoms with van der Waals surface area (Å²) in [5.74, 6) is -0.743. The van der Waals surface area contributed by atoms with E-state index in [1.807, 2.05) is 12.1 Å². The zero-order valence-electron chi connectivity index (χ0n) is 20.1. The zero-order chi connectivity index (χ0) is 26.9. The molecule has 194 valence electrons. The van der Waals surface area contributed by atoms with Gasteiger partial charge in [-0.25, -0.2) is 9.97 Å². The Kier molecular flexibility index (Phi) is 6.47. The van der Waals surface area contributed by atoms with E-state index < -0.39 is 11.9 Å². The largest absolute Gasteiger partial charge is 0.323 e. The highest BCUT2D eigenvalue weighted by molar-refractivity contribution is 7.12. The highest BCUT2D eigenvalue weighted by Crippen LogP contribution is 2.31. The van der Waals surface area contributed by atoms with Crippen LogP contribution in [0.25, 0.3) is 11.0 Å². The van der Waals surface area contributed by atoms with Gasteiger partial charge in [0.25, 0.3) is 11.8 Å². The van der Waals surface area contributed by atoms with Crippen molar-refractivity contribution in [1.82, 2.24) is 30.0 Å². The molecule has 39 heavy (non-hydrogen) atoms. The molecule has 0 bridgehead atoms. The average Bonchev–Trinajstić information content (AvgIpc) is 3.59. The van der Waals surface area contributed by atoms with Crippen LogP contribution in [0, 0.1) is 0 Å². The summed E-state index contributed by atoms with van der Waals surface area (Å²) in [6.07, 6.45) is 4.72. The molecule has 4 aromatic heterocycles. The fraction of sp³-hybridized carbons (Fsp3) is 0.115. The maximum Gasteiger partial charge on any atom is 0.267 e. The first-order chi connectivity index (χ1) is 19.0. The molecule has 3 N–H and O–H groups in total. The number of hydrogen-bond donors (Lipinski definition) is 3. The topological polar surface area (TPSA) is 146 Å². The third-order valence-corrected chi connectivity index (χ3v) is 7.51. The maximum absolute atomic E-state index is 13.6. The van der Waals surface area contributed by atoms with Gasteiger partial charge in [0.15, 0.2) is 5.65 Å². The number of benzene rings is 1. The van der Waals surface area contributed by atoms with Crippen molar-refractivity contribution in [2.45, 2.75) is 19.0 Å². The van der Waals surface area contributed by atoms with Gasteiger partial charge >= 0.3 is 0 Å². The number of pyridine rings is 1. The van der Waals surface area contributed by atoms with E-state index >= 15 is 0 Å². The van der Waals surface area contributed by atoms with Gasteiger partial charge in [0.05, 0.1) is 27.9 Å². The number of aromatic nitrogens is 5. The van der Waals surface area contributed by atoms with Crippen LogP contribution in [0.1, 0.15) is 31.3 Å². The summed E-state index contributed by atoms with van der Waals surface area (Å²) in [5, 5.41) is 14.8. The quantitative estimate of drug-likeness (QED) is 0.286. The zero-order valence-corrected chi connectivity index (χ0v) is 21.7. The molecule has 6 rings (SSSR count). The van der Waals surface area contributed by atoms with Gasteiger partial charge in [-0.15, -0.1) is 11.3 Å². The highest BCUT2D eigenvalue weighted by atomic mass is 35.5. The number of hydrogen-bond acceptors (Lipinski definition) is 8. The lowest BCUT2D eigenvalue weighted by Crippen LogP contribution is -2.46. The standard InChI is InChI=1S/C26H19ClN8O3S/c27-18-9-14(4-5-16(18)24(36)33-22-17-11-31-34-23(17)30-13-29-22)12-35-20(10-15-3-1-2-7-28-15)25(37)32-19-6-8-39-21(19)26(35)38/h1-9,11,13,20H,10,12H2,(H,32,37)(H2,29,30,31,33,34,36). The number of anilines is 2. The number of thiophene rings is 1. The SMILES string of the molecule is O=C(Nc1ncnc2[nH]ncc12)c1ccc(CN2C(=O)c3sccc3NC(=O)C2Cc2ccccn2)cc1Cl. The molecule has 0 radical (unpaired) electrons. The number of carbonyl (C=O) groups is 3. The van der Waals surface area contributed by atoms with Crippen LogP contribution in [0.2, 0.25) is 5.02 Å². The van der Waals surface area contributed by atoms with E-state index in [0.29, 0.717) is 38.7 Å². The Morgan fingerprint density at radius 1 is 1.13 bits per heavy atom. The number of nitrogens with one attached hydrogen (secondary N) is 3. The lowest BCUT2D eigenvalue weighted by atomic mass is 10.1. The van der Waals surface area contributed by atoms with E-state index in [1.54, 1.807) is 41.9 Å². The molecular weight excluding hydrogens is 540 g/mol. The fourth-order valence-corrected chi connectivity index (χ4v) is 5.48. The molecule has 5 heterocycles. The first-order valence-corrected chi connectivity index (χ1v) is 13.1. The Morgan fingerprint density at radius 2 is 2.03 bits per heavy atom. The van der Waals surface area contributed by atoms with Crippen LogP contribution in [0.4, 0.5) is 11.5 Å². The van der Waals surface area contributed by atoms with Gasteiger partial charge in [-0.3, -0.25) is 24.5 Å². The van der Waals surface area contributed by atoms with E-state index in [9.17, 15) is 14.4 Å². The van der Waals surface area contributed by atoms with Crippen LogP contribution in [0.5, 0.6) is 0 Å². The lowest BCUT2D eigenvalue weighted by Gasteiger charge is -2.28. The van der Waals surface area contributed by atoms with Crippen molar-refractivity contribution < 1.29 is 14.4 Å². The molecule has 3 amide bonds. The minimum atomic E-state index is -0.802. The third kappa shape index (κ3) is 4.82. The molecule has 1 atom stereocenters. The van der Waals surface area contributed by atoms with Crippen molar-refractivity contribution >= 4 is 63.2 Å². The van der Waals surface area contributed by atoms with Crippen LogP contribution in [-0.2, 0) is 17.8 Å². The van der Waals surface area contributed by atoms with Gasteiger partial charge < -0.3 is 15.5 Å². The maximum atomic E-state index is 13.6. The molecule has 1 aromatic carbocycles. The second kappa shape index (κ2) is 10.2. The molecular formula is C26H19ClN8O3S. The van der Waals surface area contributed by atoms with Crippen molar-refractivity contribution in [2.75, 3.05) is 10.6 Å². The summed E-state index contributed by atoms with van der Waals surface area (Å²) in [6.45, 7) is 0.101. The van der Waals surface area contributed by atoms with Crippen molar-refractivity contribution in [2.24, 2.45) is 0 Å². The molecule has 0 spiro atoms. The number of H-pyrrole nitrogens is 1. The fourth-order valence-electron chi connectivity index (χ4n) is 4.38. The van der Waals surface area contributed by atoms with E-state index in [4.69, 9.17) is 11.6 Å². The van der Waals surface area contributed by atoms with Crippen LogP contribution in [0.3, 0.4) is 0 Å². The molecule has 1 aliphatic rings. The van der Waals surface area contributed by atoms with Gasteiger partial charge in [-0.2, -0.15) is 5.10 Å². The second-order valence-corrected chi connectivity index (χ2v) is 10.1. The number of aromatic amines is 1. The Bertz CT molecular complexity index is 1720. The summed E-state index contributed by atoms with van der Waals surface area (Å²) in [6, 6.07) is 11.3. The van der Waals surface area contributed by atoms with Crippen LogP contribution in [0.15, 0.2) is 66.6 Å². The molecule has 13 heteroatoms. The minimum absolute atomic E-state index is 0.101. The lowest BCUT2D eigenvalue weighted by molar-refractivity contribution is -0.120. The summed E-state index contributed by atoms with van der Waals surface area (Å²) < 4.78 is 0. The van der Waals surface area contributed by atoms with Gasteiger partial charge in [0.1, 0.15) is 23.1 Å². The summed E-state index contributed by atoms with van der Waals surface area (Å²) in [4.78, 5) is 54.3. The number of halogens is 1. The summed E-state index contributed by atoms with van der Waals surface area (Å²) in [5.41, 5.74) is 2.54. The van der Waals surface area contributed by atoms with Crippen LogP contribution < -0.4 is 10.6 Å². The van der Waals surface area contributed by atoms with Crippen molar-refractivity contribution in [1.29, 1.82) is 0 Å². The first kappa shape index (κ1) is 24.6. The van der Waals surface area contributed by atoms with Gasteiger partial charge in [0.2, 0.25) is 5.91 Å². The second-order valence-electron chi connectivity index (χ2n) is 8.75. The van der Waals surface area contributed by atoms with Gasteiger partial charge in [0, 0.05) is 24.9 Å². The van der Waals surface area contributed by atoms with E-state index in [1.165, 1.54) is 28.8 Å². The Labute approximate surface area is 230 Å². The number of carbonyl (C=O) groups excluding carboxylic acids is 3. The Hall–Kier alpha value is -4.68.